The van der Waals surface area contributed by atoms with Gasteiger partial charge in [0.1, 0.15) is 0 Å². The van der Waals surface area contributed by atoms with E-state index >= 15 is 0 Å². The molecule has 0 rings (SSSR count). The number of nitrogens with one attached hydrogen (secondary N) is 1. The highest BCUT2D eigenvalue weighted by molar-refractivity contribution is 5.85. The highest BCUT2D eigenvalue weighted by Gasteiger charge is 2.14. The van der Waals surface area contributed by atoms with Crippen LogP contribution in [0.3, 0.4) is 0 Å². The summed E-state index contributed by atoms with van der Waals surface area (Å²) >= 11 is 0. The number of likely N-dealkylation sites (N-methyl/N-ethyl adjacent to an activating group) is 1. The largest absolute Gasteiger partial charge is 0.347 e. The lowest BCUT2D eigenvalue weighted by atomic mass is 10.0. The minimum absolute atomic E-state index is 0.0230. The van der Waals surface area contributed by atoms with Gasteiger partial charge in [0.15, 0.2) is 0 Å². The third kappa shape index (κ3) is 4.25. The smallest absolute Gasteiger partial charge is 0.241 e. The summed E-state index contributed by atoms with van der Waals surface area (Å²) in [4.78, 5) is 24.1. The van der Waals surface area contributed by atoms with Gasteiger partial charge in [0.25, 0.3) is 0 Å². The van der Waals surface area contributed by atoms with Crippen LogP contribution in [0.5, 0.6) is 0 Å². The van der Waals surface area contributed by atoms with Crippen molar-refractivity contribution in [3.8, 4) is 0 Å². The van der Waals surface area contributed by atoms with Crippen LogP contribution in [-0.4, -0.2) is 37.4 Å². The van der Waals surface area contributed by atoms with Crippen LogP contribution in [0.2, 0.25) is 0 Å². The highest BCUT2D eigenvalue weighted by atomic mass is 16.2. The number of carbonyl (C=O) groups is 2. The van der Waals surface area contributed by atoms with Gasteiger partial charge in [-0.25, -0.2) is 0 Å². The van der Waals surface area contributed by atoms with Gasteiger partial charge in [0.2, 0.25) is 11.8 Å². The van der Waals surface area contributed by atoms with Crippen molar-refractivity contribution < 1.29 is 9.59 Å². The molecule has 0 aliphatic heterocycles. The molecule has 2 amide bonds. The van der Waals surface area contributed by atoms with Gasteiger partial charge < -0.3 is 10.2 Å². The van der Waals surface area contributed by atoms with Gasteiger partial charge in [0, 0.05) is 20.0 Å². The molecular weight excluding hydrogens is 180 g/mol. The molecule has 4 heteroatoms. The summed E-state index contributed by atoms with van der Waals surface area (Å²) in [6.45, 7) is 4.05. The van der Waals surface area contributed by atoms with Gasteiger partial charge in [-0.05, 0) is 12.8 Å². The SMILES string of the molecule is CCC(CC)C(=O)NCC(=O)N(C)C. The number of carbonyl (C=O) groups excluding carboxylic acids is 2. The normalized spacial score (nSPS) is 10.1. The average Bonchev–Trinajstić information content (AvgIpc) is 2.15. The number of rotatable bonds is 5. The summed E-state index contributed by atoms with van der Waals surface area (Å²) in [5, 5.41) is 2.64. The maximum atomic E-state index is 11.5. The molecule has 0 heterocycles. The first-order valence-corrected chi connectivity index (χ1v) is 5.00. The molecule has 1 N–H and O–H groups in total. The fourth-order valence-corrected chi connectivity index (χ4v) is 1.12. The van der Waals surface area contributed by atoms with Crippen molar-refractivity contribution in [3.05, 3.63) is 0 Å². The Morgan fingerprint density at radius 2 is 1.71 bits per heavy atom. The van der Waals surface area contributed by atoms with Gasteiger partial charge in [-0.1, -0.05) is 13.8 Å². The Morgan fingerprint density at radius 1 is 1.21 bits per heavy atom. The molecule has 0 bridgehead atoms. The quantitative estimate of drug-likeness (QED) is 0.707. The van der Waals surface area contributed by atoms with Gasteiger partial charge >= 0.3 is 0 Å². The van der Waals surface area contributed by atoms with Crippen LogP contribution in [-0.2, 0) is 9.59 Å². The molecule has 14 heavy (non-hydrogen) atoms. The summed E-state index contributed by atoms with van der Waals surface area (Å²) in [7, 11) is 3.34. The molecule has 4 nitrogen and oxygen atoms in total. The van der Waals surface area contributed by atoms with E-state index in [4.69, 9.17) is 0 Å². The van der Waals surface area contributed by atoms with Crippen molar-refractivity contribution >= 4 is 11.8 Å². The van der Waals surface area contributed by atoms with E-state index in [2.05, 4.69) is 5.32 Å². The van der Waals surface area contributed by atoms with E-state index in [0.29, 0.717) is 0 Å². The predicted octanol–water partition coefficient (Wildman–Crippen LogP) is 0.627. The molecule has 0 spiro atoms. The van der Waals surface area contributed by atoms with Crippen LogP contribution < -0.4 is 5.32 Å². The van der Waals surface area contributed by atoms with Gasteiger partial charge in [-0.2, -0.15) is 0 Å². The zero-order valence-corrected chi connectivity index (χ0v) is 9.46. The fraction of sp³-hybridized carbons (Fsp3) is 0.800. The Bertz CT molecular complexity index is 198. The van der Waals surface area contributed by atoms with Crippen LogP contribution in [0.4, 0.5) is 0 Å². The van der Waals surface area contributed by atoms with E-state index < -0.39 is 0 Å². The van der Waals surface area contributed by atoms with E-state index in [1.807, 2.05) is 13.8 Å². The molecule has 0 unspecified atom stereocenters. The Hall–Kier alpha value is -1.06. The van der Waals surface area contributed by atoms with Crippen molar-refractivity contribution in [2.24, 2.45) is 5.92 Å². The summed E-state index contributed by atoms with van der Waals surface area (Å²) < 4.78 is 0. The molecule has 0 saturated carbocycles. The third-order valence-electron chi connectivity index (χ3n) is 2.27. The average molecular weight is 200 g/mol. The second-order valence-corrected chi connectivity index (χ2v) is 3.52. The van der Waals surface area contributed by atoms with Crippen LogP contribution in [0.1, 0.15) is 26.7 Å². The second-order valence-electron chi connectivity index (χ2n) is 3.52. The first-order chi connectivity index (χ1) is 6.52. The van der Waals surface area contributed by atoms with Crippen LogP contribution in [0, 0.1) is 5.92 Å². The number of hydrogen-bond acceptors (Lipinski definition) is 2. The van der Waals surface area contributed by atoms with E-state index in [1.165, 1.54) is 4.90 Å². The van der Waals surface area contributed by atoms with Gasteiger partial charge in [0.05, 0.1) is 6.54 Å². The second kappa shape index (κ2) is 6.40. The van der Waals surface area contributed by atoms with Crippen molar-refractivity contribution in [2.75, 3.05) is 20.6 Å². The topological polar surface area (TPSA) is 49.4 Å². The van der Waals surface area contributed by atoms with Gasteiger partial charge in [-0.3, -0.25) is 9.59 Å². The highest BCUT2D eigenvalue weighted by Crippen LogP contribution is 2.06. The molecule has 0 aromatic rings. The molecule has 0 aromatic carbocycles. The zero-order chi connectivity index (χ0) is 11.1. The monoisotopic (exact) mass is 200 g/mol. The maximum absolute atomic E-state index is 11.5. The molecule has 82 valence electrons. The first kappa shape index (κ1) is 12.9. The van der Waals surface area contributed by atoms with E-state index in [-0.39, 0.29) is 24.3 Å². The van der Waals surface area contributed by atoms with Crippen LogP contribution >= 0.6 is 0 Å². The molecule has 0 aromatic heterocycles. The van der Waals surface area contributed by atoms with E-state index in [9.17, 15) is 9.59 Å². The minimum Gasteiger partial charge on any atom is -0.347 e. The molecule has 0 aliphatic carbocycles. The lowest BCUT2D eigenvalue weighted by Crippen LogP contribution is -2.38. The molecule has 0 atom stereocenters. The molecule has 0 aliphatic rings. The first-order valence-electron chi connectivity index (χ1n) is 5.00. The van der Waals surface area contributed by atoms with Crippen molar-refractivity contribution in [1.82, 2.24) is 10.2 Å². The van der Waals surface area contributed by atoms with Crippen molar-refractivity contribution in [3.63, 3.8) is 0 Å². The lowest BCUT2D eigenvalue weighted by molar-refractivity contribution is -0.132. The molecular formula is C10H20N2O2. The molecule has 0 radical (unpaired) electrons. The lowest BCUT2D eigenvalue weighted by Gasteiger charge is -2.14. The minimum atomic E-state index is -0.0793. The van der Waals surface area contributed by atoms with Crippen molar-refractivity contribution in [1.29, 1.82) is 0 Å². The number of nitrogens with zero attached hydrogens (tertiary/aromatic N) is 1. The number of hydrogen-bond donors (Lipinski definition) is 1. The van der Waals surface area contributed by atoms with E-state index in [1.54, 1.807) is 14.1 Å². The van der Waals surface area contributed by atoms with Crippen molar-refractivity contribution in [2.45, 2.75) is 26.7 Å². The van der Waals surface area contributed by atoms with Crippen LogP contribution in [0.15, 0.2) is 0 Å². The van der Waals surface area contributed by atoms with Crippen LogP contribution in [0.25, 0.3) is 0 Å². The Morgan fingerprint density at radius 3 is 2.07 bits per heavy atom. The Kier molecular flexibility index (Phi) is 5.92. The molecule has 0 fully saturated rings. The fourth-order valence-electron chi connectivity index (χ4n) is 1.12. The summed E-state index contributed by atoms with van der Waals surface area (Å²) in [5.41, 5.74) is 0. The number of amides is 2. The Balaban J connectivity index is 3.89. The zero-order valence-electron chi connectivity index (χ0n) is 9.46. The standard InChI is InChI=1S/C10H20N2O2/c1-5-8(6-2)10(14)11-7-9(13)12(3)4/h8H,5-7H2,1-4H3,(H,11,14). The Labute approximate surface area is 85.7 Å². The summed E-state index contributed by atoms with van der Waals surface area (Å²) in [6.07, 6.45) is 1.64. The summed E-state index contributed by atoms with van der Waals surface area (Å²) in [5.74, 6) is -0.0699. The predicted molar refractivity (Wildman–Crippen MR) is 55.8 cm³/mol. The maximum Gasteiger partial charge on any atom is 0.241 e. The third-order valence-corrected chi connectivity index (χ3v) is 2.27. The molecule has 0 saturated heterocycles. The van der Waals surface area contributed by atoms with Gasteiger partial charge in [-0.15, -0.1) is 0 Å². The summed E-state index contributed by atoms with van der Waals surface area (Å²) in [6, 6.07) is 0. The van der Waals surface area contributed by atoms with E-state index in [0.717, 1.165) is 12.8 Å².